The lowest BCUT2D eigenvalue weighted by atomic mass is 9.66. The van der Waals surface area contributed by atoms with Crippen LogP contribution in [0.1, 0.15) is 41.7 Å². The number of benzene rings is 11. The van der Waals surface area contributed by atoms with Crippen LogP contribution in [0.2, 0.25) is 0 Å². The minimum Gasteiger partial charge on any atom is -0.455 e. The average Bonchev–Trinajstić information content (AvgIpc) is 4.36. The average molecular weight is 974 g/mol. The first-order valence-electron chi connectivity index (χ1n) is 26.1. The summed E-state index contributed by atoms with van der Waals surface area (Å²) in [6.45, 7) is 4.40. The van der Waals surface area contributed by atoms with Crippen LogP contribution in [0.15, 0.2) is 288 Å². The largest absolute Gasteiger partial charge is 0.455 e. The molecule has 0 unspecified atom stereocenters. The van der Waals surface area contributed by atoms with Crippen molar-refractivity contribution in [2.45, 2.75) is 19.3 Å². The van der Waals surface area contributed by atoms with Gasteiger partial charge in [-0.15, -0.1) is 0 Å². The number of anilines is 2. The highest BCUT2D eigenvalue weighted by Gasteiger charge is 2.48. The molecule has 0 fully saturated rings. The van der Waals surface area contributed by atoms with Crippen molar-refractivity contribution in [1.82, 2.24) is 0 Å². The fourth-order valence-electron chi connectivity index (χ4n) is 12.2. The molecule has 0 N–H and O–H groups in total. The van der Waals surface area contributed by atoms with Crippen molar-refractivity contribution in [3.05, 3.63) is 307 Å². The van der Waals surface area contributed by atoms with Gasteiger partial charge in [0.25, 0.3) is 0 Å². The summed E-state index contributed by atoms with van der Waals surface area (Å²) in [6, 6.07) is 94.5. The summed E-state index contributed by atoms with van der Waals surface area (Å²) in [5, 5.41) is 4.48. The zero-order valence-corrected chi connectivity index (χ0v) is 42.2. The Bertz CT molecular complexity index is 4350. The number of furan rings is 2. The van der Waals surface area contributed by atoms with E-state index in [-0.39, 0.29) is 0 Å². The first-order chi connectivity index (χ1) is 37.5. The Morgan fingerprint density at radius 2 is 0.882 bits per heavy atom. The number of para-hydroxylation sites is 4. The molecule has 0 radical (unpaired) electrons. The zero-order valence-electron chi connectivity index (χ0n) is 42.2. The van der Waals surface area contributed by atoms with Crippen LogP contribution in [0.5, 0.6) is 0 Å². The molecule has 0 bridgehead atoms. The molecule has 76 heavy (non-hydrogen) atoms. The van der Waals surface area contributed by atoms with E-state index in [0.29, 0.717) is 0 Å². The van der Waals surface area contributed by atoms with E-state index in [4.69, 9.17) is 8.83 Å². The molecule has 14 rings (SSSR count). The molecular weight excluding hydrogens is 923 g/mol. The van der Waals surface area contributed by atoms with Crippen LogP contribution < -0.4 is 4.90 Å². The third-order valence-corrected chi connectivity index (χ3v) is 15.7. The van der Waals surface area contributed by atoms with E-state index in [2.05, 4.69) is 267 Å². The van der Waals surface area contributed by atoms with Gasteiger partial charge in [0.15, 0.2) is 0 Å². The fourth-order valence-corrected chi connectivity index (χ4v) is 12.2. The minimum atomic E-state index is -0.691. The van der Waals surface area contributed by atoms with E-state index in [0.717, 1.165) is 83.2 Å². The Balaban J connectivity index is 0.992. The molecule has 0 aliphatic heterocycles. The first kappa shape index (κ1) is 45.0. The van der Waals surface area contributed by atoms with Gasteiger partial charge in [0.1, 0.15) is 22.3 Å². The Morgan fingerprint density at radius 3 is 1.54 bits per heavy atom. The van der Waals surface area contributed by atoms with Crippen molar-refractivity contribution in [3.63, 3.8) is 0 Å². The lowest BCUT2D eigenvalue weighted by molar-refractivity contribution is 0.667. The summed E-state index contributed by atoms with van der Waals surface area (Å²) in [4.78, 5) is 2.41. The second kappa shape index (κ2) is 18.3. The van der Waals surface area contributed by atoms with Crippen molar-refractivity contribution in [1.29, 1.82) is 0 Å². The van der Waals surface area contributed by atoms with Gasteiger partial charge < -0.3 is 13.7 Å². The summed E-state index contributed by atoms with van der Waals surface area (Å²) < 4.78 is 13.1. The maximum absolute atomic E-state index is 6.56. The van der Waals surface area contributed by atoms with Crippen molar-refractivity contribution in [2.75, 3.05) is 4.90 Å². The molecular formula is C73H51NO2. The topological polar surface area (TPSA) is 29.5 Å². The molecule has 0 atom stereocenters. The number of allylic oxidation sites excluding steroid dienone is 4. The molecule has 3 nitrogen and oxygen atoms in total. The third kappa shape index (κ3) is 7.27. The highest BCUT2D eigenvalue weighted by Crippen LogP contribution is 2.60. The van der Waals surface area contributed by atoms with Crippen LogP contribution >= 0.6 is 0 Å². The normalized spacial score (nSPS) is 13.1. The molecule has 0 spiro atoms. The Kier molecular flexibility index (Phi) is 10.9. The van der Waals surface area contributed by atoms with Crippen LogP contribution in [-0.4, -0.2) is 0 Å². The van der Waals surface area contributed by atoms with E-state index in [1.54, 1.807) is 0 Å². The van der Waals surface area contributed by atoms with E-state index in [1.807, 2.05) is 24.3 Å². The smallest absolute Gasteiger partial charge is 0.143 e. The van der Waals surface area contributed by atoms with Crippen LogP contribution in [0.25, 0.3) is 94.0 Å². The Hall–Kier alpha value is -9.70. The SMILES string of the molecule is C/C(=C\C=C(/C)N(c1ccc(-c2cccc3c2oc2ccccc23)cc1)c1ccc2c(c1)C(c1ccccc1)(c1ccccc1)c1c(-c3ccccc3)cc(-c3ccccc3)cc1-2)c1cccc2c1oc1ccccc12. The predicted octanol–water partition coefficient (Wildman–Crippen LogP) is 20.0. The molecule has 3 heteroatoms. The lowest BCUT2D eigenvalue weighted by Gasteiger charge is -2.36. The van der Waals surface area contributed by atoms with E-state index in [9.17, 15) is 0 Å². The van der Waals surface area contributed by atoms with Crippen molar-refractivity contribution < 1.29 is 8.83 Å². The summed E-state index contributed by atoms with van der Waals surface area (Å²) in [6.07, 6.45) is 4.49. The summed E-state index contributed by atoms with van der Waals surface area (Å²) >= 11 is 0. The highest BCUT2D eigenvalue weighted by molar-refractivity contribution is 6.10. The molecule has 2 heterocycles. The van der Waals surface area contributed by atoms with Gasteiger partial charge in [-0.1, -0.05) is 218 Å². The number of fused-ring (bicyclic) bond motifs is 9. The maximum Gasteiger partial charge on any atom is 0.143 e. The number of nitrogens with zero attached hydrogens (tertiary/aromatic N) is 1. The molecule has 0 saturated carbocycles. The third-order valence-electron chi connectivity index (χ3n) is 15.7. The van der Waals surface area contributed by atoms with E-state index >= 15 is 0 Å². The summed E-state index contributed by atoms with van der Waals surface area (Å²) in [5.41, 5.74) is 22.5. The second-order valence-electron chi connectivity index (χ2n) is 20.0. The number of rotatable bonds is 10. The van der Waals surface area contributed by atoms with Crippen LogP contribution in [0.3, 0.4) is 0 Å². The highest BCUT2D eigenvalue weighted by atomic mass is 16.3. The van der Waals surface area contributed by atoms with Crippen molar-refractivity contribution in [2.24, 2.45) is 0 Å². The molecule has 0 saturated heterocycles. The van der Waals surface area contributed by atoms with Gasteiger partial charge in [-0.25, -0.2) is 0 Å². The summed E-state index contributed by atoms with van der Waals surface area (Å²) in [7, 11) is 0. The van der Waals surface area contributed by atoms with Crippen molar-refractivity contribution >= 4 is 60.8 Å². The van der Waals surface area contributed by atoms with Gasteiger partial charge in [-0.3, -0.25) is 0 Å². The molecule has 0 amide bonds. The number of hydrogen-bond donors (Lipinski definition) is 0. The van der Waals surface area contributed by atoms with E-state index < -0.39 is 5.41 Å². The van der Waals surface area contributed by atoms with Crippen LogP contribution in [0, 0.1) is 0 Å². The second-order valence-corrected chi connectivity index (χ2v) is 20.0. The van der Waals surface area contributed by atoms with E-state index in [1.165, 1.54) is 55.6 Å². The monoisotopic (exact) mass is 973 g/mol. The van der Waals surface area contributed by atoms with Crippen LogP contribution in [-0.2, 0) is 5.41 Å². The maximum atomic E-state index is 6.56. The van der Waals surface area contributed by atoms with Gasteiger partial charge in [0.2, 0.25) is 0 Å². The van der Waals surface area contributed by atoms with Gasteiger partial charge in [0, 0.05) is 49.7 Å². The van der Waals surface area contributed by atoms with Gasteiger partial charge in [-0.05, 0) is 135 Å². The molecule has 13 aromatic rings. The van der Waals surface area contributed by atoms with Gasteiger partial charge in [0.05, 0.1) is 5.41 Å². The molecule has 1 aliphatic carbocycles. The minimum absolute atomic E-state index is 0.691. The first-order valence-corrected chi connectivity index (χ1v) is 26.1. The molecule has 360 valence electrons. The Morgan fingerprint density at radius 1 is 0.368 bits per heavy atom. The van der Waals surface area contributed by atoms with Crippen molar-refractivity contribution in [3.8, 4) is 44.5 Å². The fraction of sp³-hybridized carbons (Fsp3) is 0.0411. The quantitative estimate of drug-likeness (QED) is 0.128. The molecule has 1 aliphatic rings. The van der Waals surface area contributed by atoms with Crippen LogP contribution in [0.4, 0.5) is 11.4 Å². The molecule has 11 aromatic carbocycles. The molecule has 2 aromatic heterocycles. The number of hydrogen-bond acceptors (Lipinski definition) is 3. The Labute approximate surface area is 442 Å². The van der Waals surface area contributed by atoms with Gasteiger partial charge in [-0.2, -0.15) is 0 Å². The summed E-state index contributed by atoms with van der Waals surface area (Å²) in [5.74, 6) is 0. The predicted molar refractivity (Wildman–Crippen MR) is 317 cm³/mol. The van der Waals surface area contributed by atoms with Gasteiger partial charge >= 0.3 is 0 Å². The zero-order chi connectivity index (χ0) is 50.7. The lowest BCUT2D eigenvalue weighted by Crippen LogP contribution is -2.29. The standard InChI is InChI=1S/C73H51NO2/c1-48(58-31-19-33-63-61-29-15-17-35-68(61)75-71(58)63)37-38-49(2)74(56-41-39-52(40-42-56)59-32-20-34-64-62-30-16-18-36-69(62)76-72(59)64)57-43-44-60-66-46-53(50-21-7-3-8-22-50)45-65(51-23-9-4-10-24-51)70(66)73(67(60)47-57,54-25-11-5-12-26-54)55-27-13-6-14-28-55/h3-47H,1-2H3/b48-37+,49-38+.